The summed E-state index contributed by atoms with van der Waals surface area (Å²) in [5.41, 5.74) is 1.88. The number of nitro groups is 1. The van der Waals surface area contributed by atoms with E-state index in [0.29, 0.717) is 11.1 Å². The number of ether oxygens (including phenoxy) is 1. The summed E-state index contributed by atoms with van der Waals surface area (Å²) >= 11 is 0. The average molecular weight is 321 g/mol. The summed E-state index contributed by atoms with van der Waals surface area (Å²) in [6, 6.07) is 15.0. The van der Waals surface area contributed by atoms with Gasteiger partial charge in [0, 0.05) is 17.7 Å². The van der Waals surface area contributed by atoms with Gasteiger partial charge in [0.05, 0.1) is 11.5 Å². The van der Waals surface area contributed by atoms with Crippen LogP contribution in [0.25, 0.3) is 5.57 Å². The molecule has 0 unspecified atom stereocenters. The summed E-state index contributed by atoms with van der Waals surface area (Å²) in [4.78, 5) is 22.5. The molecule has 5 heteroatoms. The van der Waals surface area contributed by atoms with E-state index in [0.717, 1.165) is 5.56 Å². The minimum absolute atomic E-state index is 0.0374. The van der Waals surface area contributed by atoms with E-state index >= 15 is 0 Å². The zero-order chi connectivity index (χ0) is 17.5. The molecule has 0 amide bonds. The van der Waals surface area contributed by atoms with Crippen LogP contribution in [-0.4, -0.2) is 17.5 Å². The maximum absolute atomic E-state index is 12.2. The van der Waals surface area contributed by atoms with Crippen molar-refractivity contribution in [1.82, 2.24) is 0 Å². The highest BCUT2D eigenvalue weighted by molar-refractivity contribution is 6.05. The Kier molecular flexibility index (Phi) is 5.48. The van der Waals surface area contributed by atoms with E-state index in [1.165, 1.54) is 12.1 Å². The van der Waals surface area contributed by atoms with Crippen LogP contribution in [0.2, 0.25) is 0 Å². The van der Waals surface area contributed by atoms with Crippen molar-refractivity contribution in [1.29, 1.82) is 0 Å². The first-order chi connectivity index (χ1) is 11.6. The number of carbonyl (C=O) groups is 1. The number of non-ortho nitro benzene ring substituents is 1. The fourth-order valence-corrected chi connectivity index (χ4v) is 2.25. The van der Waals surface area contributed by atoms with Crippen LogP contribution < -0.4 is 0 Å². The van der Waals surface area contributed by atoms with Gasteiger partial charge in [0.25, 0.3) is 5.69 Å². The number of hydrogen-bond donors (Lipinski definition) is 0. The number of nitrogens with zero attached hydrogens (tertiary/aromatic N) is 1. The highest BCUT2D eigenvalue weighted by atomic mass is 16.6. The molecule has 0 aliphatic rings. The van der Waals surface area contributed by atoms with Gasteiger partial charge in [0.15, 0.2) is 0 Å². The van der Waals surface area contributed by atoms with E-state index in [1.54, 1.807) is 19.1 Å². The molecule has 0 fully saturated rings. The van der Waals surface area contributed by atoms with E-state index in [1.807, 2.05) is 30.3 Å². The fraction of sp³-hybridized carbons (Fsp3) is 0.105. The number of terminal acetylenes is 1. The Hall–Kier alpha value is -3.39. The number of esters is 1. The van der Waals surface area contributed by atoms with Crippen LogP contribution in [0.1, 0.15) is 18.1 Å². The third kappa shape index (κ3) is 3.68. The van der Waals surface area contributed by atoms with Gasteiger partial charge in [-0.1, -0.05) is 36.3 Å². The Morgan fingerprint density at radius 3 is 2.21 bits per heavy atom. The molecular weight excluding hydrogens is 306 g/mol. The number of nitro benzene ring substituents is 1. The highest BCUT2D eigenvalue weighted by Crippen LogP contribution is 2.28. The number of hydrogen-bond acceptors (Lipinski definition) is 4. The number of benzene rings is 2. The van der Waals surface area contributed by atoms with Crippen LogP contribution in [0.3, 0.4) is 0 Å². The van der Waals surface area contributed by atoms with Gasteiger partial charge in [-0.2, -0.15) is 0 Å². The Bertz CT molecular complexity index is 815. The van der Waals surface area contributed by atoms with Crippen LogP contribution in [0.5, 0.6) is 0 Å². The van der Waals surface area contributed by atoms with Gasteiger partial charge in [0.2, 0.25) is 0 Å². The summed E-state index contributed by atoms with van der Waals surface area (Å²) in [5, 5.41) is 10.8. The number of carbonyl (C=O) groups excluding carboxylic acids is 1. The fourth-order valence-electron chi connectivity index (χ4n) is 2.25. The van der Waals surface area contributed by atoms with Gasteiger partial charge >= 0.3 is 5.97 Å². The Balaban J connectivity index is 2.65. The third-order valence-electron chi connectivity index (χ3n) is 3.30. The highest BCUT2D eigenvalue weighted by Gasteiger charge is 2.18. The van der Waals surface area contributed by atoms with Crippen molar-refractivity contribution in [2.75, 3.05) is 6.61 Å². The molecule has 0 bridgehead atoms. The second-order valence-electron chi connectivity index (χ2n) is 4.78. The third-order valence-corrected chi connectivity index (χ3v) is 3.30. The molecule has 0 N–H and O–H groups in total. The smallest absolute Gasteiger partial charge is 0.347 e. The minimum atomic E-state index is -0.600. The maximum atomic E-state index is 12.2. The molecule has 0 saturated carbocycles. The van der Waals surface area contributed by atoms with Gasteiger partial charge in [0.1, 0.15) is 5.57 Å². The zero-order valence-corrected chi connectivity index (χ0v) is 13.1. The first-order valence-corrected chi connectivity index (χ1v) is 7.26. The predicted octanol–water partition coefficient (Wildman–Crippen LogP) is 3.59. The lowest BCUT2D eigenvalue weighted by molar-refractivity contribution is -0.384. The van der Waals surface area contributed by atoms with Crippen molar-refractivity contribution in [3.05, 3.63) is 81.4 Å². The second-order valence-corrected chi connectivity index (χ2v) is 4.78. The lowest BCUT2D eigenvalue weighted by Crippen LogP contribution is -2.09. The average Bonchev–Trinajstić information content (AvgIpc) is 2.60. The predicted molar refractivity (Wildman–Crippen MR) is 91.0 cm³/mol. The molecule has 0 aliphatic carbocycles. The molecule has 5 nitrogen and oxygen atoms in total. The Morgan fingerprint density at radius 2 is 1.71 bits per heavy atom. The standard InChI is InChI=1S/C19H15NO4/c1-3-17(19(21)24-4-2)18(14-8-6-5-7-9-14)15-10-12-16(13-11-15)20(22)23/h1,5-13H,4H2,2H3. The van der Waals surface area contributed by atoms with Gasteiger partial charge in [-0.05, 0) is 30.2 Å². The van der Waals surface area contributed by atoms with Gasteiger partial charge in [-0.3, -0.25) is 10.1 Å². The van der Waals surface area contributed by atoms with Crippen LogP contribution in [0.15, 0.2) is 60.2 Å². The molecule has 0 heterocycles. The van der Waals surface area contributed by atoms with Crippen molar-refractivity contribution in [3.8, 4) is 12.3 Å². The zero-order valence-electron chi connectivity index (χ0n) is 13.1. The maximum Gasteiger partial charge on any atom is 0.347 e. The molecule has 2 aromatic carbocycles. The molecule has 120 valence electrons. The molecule has 0 atom stereocenters. The van der Waals surface area contributed by atoms with E-state index in [4.69, 9.17) is 11.2 Å². The first-order valence-electron chi connectivity index (χ1n) is 7.26. The summed E-state index contributed by atoms with van der Waals surface area (Å²) in [7, 11) is 0. The number of rotatable bonds is 5. The normalized spacial score (nSPS) is 11.2. The van der Waals surface area contributed by atoms with Crippen molar-refractivity contribution in [2.24, 2.45) is 0 Å². The van der Waals surface area contributed by atoms with Crippen molar-refractivity contribution in [3.63, 3.8) is 0 Å². The summed E-state index contributed by atoms with van der Waals surface area (Å²) in [5.74, 6) is 1.79. The topological polar surface area (TPSA) is 69.4 Å². The van der Waals surface area contributed by atoms with E-state index in [2.05, 4.69) is 5.92 Å². The largest absolute Gasteiger partial charge is 0.462 e. The van der Waals surface area contributed by atoms with Crippen molar-refractivity contribution < 1.29 is 14.5 Å². The van der Waals surface area contributed by atoms with E-state index in [-0.39, 0.29) is 17.9 Å². The molecule has 0 saturated heterocycles. The molecule has 2 rings (SSSR count). The lowest BCUT2D eigenvalue weighted by Gasteiger charge is -2.12. The van der Waals surface area contributed by atoms with Crippen LogP contribution in [0, 0.1) is 22.5 Å². The monoisotopic (exact) mass is 321 g/mol. The van der Waals surface area contributed by atoms with Crippen LogP contribution in [-0.2, 0) is 9.53 Å². The SMILES string of the molecule is C#CC(C(=O)OCC)=C(c1ccccc1)c1ccc([N+](=O)[O-])cc1. The molecule has 0 aliphatic heterocycles. The minimum Gasteiger partial charge on any atom is -0.462 e. The molecule has 0 aromatic heterocycles. The lowest BCUT2D eigenvalue weighted by atomic mass is 9.93. The van der Waals surface area contributed by atoms with E-state index < -0.39 is 10.9 Å². The summed E-state index contributed by atoms with van der Waals surface area (Å²) < 4.78 is 5.03. The van der Waals surface area contributed by atoms with Gasteiger partial charge < -0.3 is 4.74 Å². The van der Waals surface area contributed by atoms with Gasteiger partial charge in [-0.25, -0.2) is 4.79 Å². The molecule has 24 heavy (non-hydrogen) atoms. The second kappa shape index (κ2) is 7.75. The quantitative estimate of drug-likeness (QED) is 0.277. The van der Waals surface area contributed by atoms with Gasteiger partial charge in [-0.15, -0.1) is 6.42 Å². The van der Waals surface area contributed by atoms with Crippen LogP contribution in [0.4, 0.5) is 5.69 Å². The molecular formula is C19H15NO4. The summed E-state index contributed by atoms with van der Waals surface area (Å²) in [6.45, 7) is 1.90. The summed E-state index contributed by atoms with van der Waals surface area (Å²) in [6.07, 6.45) is 5.54. The van der Waals surface area contributed by atoms with Crippen molar-refractivity contribution >= 4 is 17.2 Å². The molecule has 0 radical (unpaired) electrons. The van der Waals surface area contributed by atoms with E-state index in [9.17, 15) is 14.9 Å². The Labute approximate surface area is 139 Å². The first kappa shape index (κ1) is 17.0. The van der Waals surface area contributed by atoms with Crippen LogP contribution >= 0.6 is 0 Å². The molecule has 2 aromatic rings. The van der Waals surface area contributed by atoms with Crippen molar-refractivity contribution in [2.45, 2.75) is 6.92 Å². The Morgan fingerprint density at radius 1 is 1.12 bits per heavy atom. The molecule has 0 spiro atoms.